The second-order valence-corrected chi connectivity index (χ2v) is 9.78. The van der Waals surface area contributed by atoms with Gasteiger partial charge in [-0.05, 0) is 74.7 Å². The first-order valence-corrected chi connectivity index (χ1v) is 12.0. The number of hydrogen-bond donors (Lipinski definition) is 4. The molecule has 4 aromatic rings. The summed E-state index contributed by atoms with van der Waals surface area (Å²) in [6.45, 7) is 8.42. The van der Waals surface area contributed by atoms with Crippen molar-refractivity contribution < 1.29 is 19.4 Å². The standard InChI is InChI=1S/C28H32N4O4/c1-5-16-12-17(6-9-24(16)33)18-13-21-20-8-7-19(30-10-11-31-27(35)36-28(2,3)4)15-23(20)32-25(21)22(14-18)26(29)34/h6-9,12-15,30,32-33H,5,10-11H2,1-4H3,(H2,29,34)(H,31,35)/p+1. The van der Waals surface area contributed by atoms with Gasteiger partial charge < -0.3 is 31.2 Å². The van der Waals surface area contributed by atoms with E-state index in [9.17, 15) is 9.59 Å². The Labute approximate surface area is 209 Å². The van der Waals surface area contributed by atoms with E-state index in [4.69, 9.17) is 15.6 Å². The van der Waals surface area contributed by atoms with Gasteiger partial charge in [-0.25, -0.2) is 4.79 Å². The molecule has 0 spiro atoms. The molecule has 3 aromatic carbocycles. The highest BCUT2D eigenvalue weighted by Gasteiger charge is 2.17. The number of amides is 2. The minimum Gasteiger partial charge on any atom is -0.593 e. The summed E-state index contributed by atoms with van der Waals surface area (Å²) >= 11 is 0. The van der Waals surface area contributed by atoms with Crippen LogP contribution in [0.4, 0.5) is 10.5 Å². The average molecular weight is 490 g/mol. The van der Waals surface area contributed by atoms with Gasteiger partial charge in [0.15, 0.2) is 0 Å². The molecule has 8 nitrogen and oxygen atoms in total. The van der Waals surface area contributed by atoms with Crippen LogP contribution in [0.25, 0.3) is 32.9 Å². The summed E-state index contributed by atoms with van der Waals surface area (Å²) in [5.74, 6) is -0.00123. The summed E-state index contributed by atoms with van der Waals surface area (Å²) in [6.07, 6.45) is 0.307. The number of aromatic amines is 1. The van der Waals surface area contributed by atoms with Crippen LogP contribution in [0.3, 0.4) is 0 Å². The number of nitrogens with one attached hydrogen (secondary N) is 3. The Morgan fingerprint density at radius 1 is 1.00 bits per heavy atom. The minimum atomic E-state index is -0.537. The van der Waals surface area contributed by atoms with E-state index in [0.29, 0.717) is 29.9 Å². The van der Waals surface area contributed by atoms with Crippen LogP contribution in [0, 0.1) is 0 Å². The average Bonchev–Trinajstić information content (AvgIpc) is 3.18. The van der Waals surface area contributed by atoms with Crippen LogP contribution in [-0.4, -0.2) is 40.8 Å². The van der Waals surface area contributed by atoms with Gasteiger partial charge in [0.05, 0.1) is 11.1 Å². The maximum absolute atomic E-state index is 12.4. The zero-order chi connectivity index (χ0) is 26.0. The van der Waals surface area contributed by atoms with Crippen molar-refractivity contribution in [3.63, 3.8) is 0 Å². The lowest BCUT2D eigenvalue weighted by molar-refractivity contribution is 0.0530. The molecular formula is C28H33N4O4+. The Balaban J connectivity index is 1.61. The minimum absolute atomic E-state index is 0.408. The molecule has 1 aromatic heterocycles. The lowest BCUT2D eigenvalue weighted by Gasteiger charge is -2.19. The first-order chi connectivity index (χ1) is 17.1. The number of aromatic nitrogens is 1. The molecule has 0 fully saturated rings. The topological polar surface area (TPSA) is 132 Å². The Morgan fingerprint density at radius 3 is 2.47 bits per heavy atom. The zero-order valence-corrected chi connectivity index (χ0v) is 21.0. The number of anilines is 1. The molecule has 0 aliphatic heterocycles. The van der Waals surface area contributed by atoms with Gasteiger partial charge in [0.1, 0.15) is 5.60 Å². The fourth-order valence-electron chi connectivity index (χ4n) is 4.23. The quantitative estimate of drug-likeness (QED) is 0.214. The second kappa shape index (κ2) is 9.81. The highest BCUT2D eigenvalue weighted by atomic mass is 16.6. The van der Waals surface area contributed by atoms with Crippen molar-refractivity contribution in [1.29, 1.82) is 0 Å². The molecule has 0 saturated carbocycles. The lowest BCUT2D eigenvalue weighted by atomic mass is 9.97. The number of hydrogen-bond acceptors (Lipinski definition) is 4. The molecule has 0 atom stereocenters. The van der Waals surface area contributed by atoms with E-state index < -0.39 is 17.6 Å². The van der Waals surface area contributed by atoms with Crippen LogP contribution in [0.5, 0.6) is 5.75 Å². The van der Waals surface area contributed by atoms with Crippen molar-refractivity contribution in [2.75, 3.05) is 18.4 Å². The Hall–Kier alpha value is -4.20. The fraction of sp³-hybridized carbons (Fsp3) is 0.286. The number of H-pyrrole nitrogens is 1. The summed E-state index contributed by atoms with van der Waals surface area (Å²) in [5, 5.41) is 16.0. The maximum atomic E-state index is 12.4. The zero-order valence-electron chi connectivity index (χ0n) is 21.0. The Bertz CT molecular complexity index is 1450. The number of aryl methyl sites for hydroxylation is 1. The molecule has 1 heterocycles. The molecule has 0 bridgehead atoms. The van der Waals surface area contributed by atoms with Gasteiger partial charge in [-0.15, -0.1) is 0 Å². The number of fused-ring (bicyclic) bond motifs is 3. The van der Waals surface area contributed by atoms with Crippen LogP contribution >= 0.6 is 0 Å². The third kappa shape index (κ3) is 5.38. The molecule has 0 aliphatic carbocycles. The number of ether oxygens (including phenoxy) is 1. The van der Waals surface area contributed by atoms with Gasteiger partial charge in [0.25, 0.3) is 11.7 Å². The van der Waals surface area contributed by atoms with Crippen LogP contribution in [0.1, 0.15) is 43.6 Å². The van der Waals surface area contributed by atoms with E-state index >= 15 is 0 Å². The molecule has 0 unspecified atom stereocenters. The number of rotatable bonds is 7. The molecular weight excluding hydrogens is 456 g/mol. The summed E-state index contributed by atoms with van der Waals surface area (Å²) in [5.41, 5.74) is 10.8. The van der Waals surface area contributed by atoms with E-state index in [-0.39, 0.29) is 0 Å². The van der Waals surface area contributed by atoms with Gasteiger partial charge in [-0.2, -0.15) is 0 Å². The molecule has 0 aliphatic rings. The van der Waals surface area contributed by atoms with Gasteiger partial charge in [0, 0.05) is 46.7 Å². The smallest absolute Gasteiger partial charge is 0.407 e. The third-order valence-corrected chi connectivity index (χ3v) is 5.92. The number of benzene rings is 3. The van der Waals surface area contributed by atoms with E-state index in [1.807, 2.05) is 58.0 Å². The van der Waals surface area contributed by atoms with Gasteiger partial charge in [-0.3, -0.25) is 4.79 Å². The molecule has 188 valence electrons. The van der Waals surface area contributed by atoms with Crippen molar-refractivity contribution in [1.82, 2.24) is 10.3 Å². The summed E-state index contributed by atoms with van der Waals surface area (Å²) in [7, 11) is 0. The van der Waals surface area contributed by atoms with Gasteiger partial charge >= 0.3 is 6.09 Å². The molecule has 0 radical (unpaired) electrons. The monoisotopic (exact) mass is 489 g/mol. The van der Waals surface area contributed by atoms with Gasteiger partial charge in [-0.1, -0.05) is 13.0 Å². The van der Waals surface area contributed by atoms with Crippen molar-refractivity contribution in [3.8, 4) is 16.9 Å². The number of alkyl carbamates (subject to hydrolysis) is 1. The molecule has 7 N–H and O–H groups in total. The largest absolute Gasteiger partial charge is 0.593 e. The highest BCUT2D eigenvalue weighted by molar-refractivity contribution is 6.16. The van der Waals surface area contributed by atoms with Crippen molar-refractivity contribution in [2.45, 2.75) is 39.7 Å². The number of primary amides is 1. The van der Waals surface area contributed by atoms with Crippen molar-refractivity contribution in [2.24, 2.45) is 5.73 Å². The second-order valence-electron chi connectivity index (χ2n) is 9.78. The summed E-state index contributed by atoms with van der Waals surface area (Å²) in [4.78, 5) is 27.5. The first kappa shape index (κ1) is 24.9. The van der Waals surface area contributed by atoms with Crippen molar-refractivity contribution in [3.05, 3.63) is 59.7 Å². The SMILES string of the molecule is CCc1cc(-c2cc(C(N)=O)c3[nH]c4cc(NCCNC(=O)OC(C)(C)C)ccc4c3c2)ccc1[OH2+]. The third-order valence-electron chi connectivity index (χ3n) is 5.92. The molecule has 2 amide bonds. The predicted molar refractivity (Wildman–Crippen MR) is 145 cm³/mol. The van der Waals surface area contributed by atoms with Gasteiger partial charge in [0.2, 0.25) is 0 Å². The Morgan fingerprint density at radius 2 is 1.78 bits per heavy atom. The lowest BCUT2D eigenvalue weighted by Crippen LogP contribution is -2.34. The molecule has 36 heavy (non-hydrogen) atoms. The number of carbonyl (C=O) groups is 2. The van der Waals surface area contributed by atoms with Crippen molar-refractivity contribution >= 4 is 39.5 Å². The Kier molecular flexibility index (Phi) is 6.79. The van der Waals surface area contributed by atoms with E-state index in [1.165, 1.54) is 0 Å². The van der Waals surface area contributed by atoms with E-state index in [0.717, 1.165) is 45.1 Å². The van der Waals surface area contributed by atoms with Crippen LogP contribution in [0.2, 0.25) is 0 Å². The van der Waals surface area contributed by atoms with E-state index in [2.05, 4.69) is 21.7 Å². The number of nitrogens with two attached hydrogens (primary N) is 1. The maximum Gasteiger partial charge on any atom is 0.407 e. The molecule has 8 heteroatoms. The highest BCUT2D eigenvalue weighted by Crippen LogP contribution is 2.35. The van der Waals surface area contributed by atoms with E-state index in [1.54, 1.807) is 12.1 Å². The summed E-state index contributed by atoms with van der Waals surface area (Å²) < 4.78 is 5.24. The fourth-order valence-corrected chi connectivity index (χ4v) is 4.23. The first-order valence-electron chi connectivity index (χ1n) is 12.0. The molecule has 0 saturated heterocycles. The van der Waals surface area contributed by atoms with Crippen LogP contribution in [-0.2, 0) is 11.2 Å². The van der Waals surface area contributed by atoms with Crippen LogP contribution in [0.15, 0.2) is 48.5 Å². The summed E-state index contributed by atoms with van der Waals surface area (Å²) in [6, 6.07) is 15.5. The van der Waals surface area contributed by atoms with Crippen LogP contribution < -0.4 is 16.4 Å². The molecule has 4 rings (SSSR count). The predicted octanol–water partition coefficient (Wildman–Crippen LogP) is 5.02. The normalized spacial score (nSPS) is 11.6. The number of carbonyl (C=O) groups excluding carboxylic acids is 2.